The molecule has 0 spiro atoms. The number of nitrogen functional groups attached to an aromatic ring is 1. The molecule has 3 aromatic rings. The van der Waals surface area contributed by atoms with E-state index in [1.54, 1.807) is 7.11 Å². The number of carbonyl (C=O) groups excluding carboxylic acids is 1. The number of aromatic nitrogens is 3. The van der Waals surface area contributed by atoms with Crippen molar-refractivity contribution in [3.8, 4) is 17.1 Å². The van der Waals surface area contributed by atoms with Gasteiger partial charge in [-0.15, -0.1) is 10.2 Å². The van der Waals surface area contributed by atoms with Gasteiger partial charge in [0.2, 0.25) is 11.1 Å². The number of rotatable bonds is 6. The molecule has 2 aromatic carbocycles. The van der Waals surface area contributed by atoms with Crippen molar-refractivity contribution < 1.29 is 9.53 Å². The average molecular weight is 383 g/mol. The predicted molar refractivity (Wildman–Crippen MR) is 107 cm³/mol. The summed E-state index contributed by atoms with van der Waals surface area (Å²) < 4.78 is 6.71. The highest BCUT2D eigenvalue weighted by atomic mass is 32.2. The molecular formula is C19H21N5O2S. The van der Waals surface area contributed by atoms with Gasteiger partial charge in [-0.1, -0.05) is 42.1 Å². The van der Waals surface area contributed by atoms with Crippen molar-refractivity contribution in [2.75, 3.05) is 24.0 Å². The molecular weight excluding hydrogens is 362 g/mol. The number of carbonyl (C=O) groups is 1. The monoisotopic (exact) mass is 383 g/mol. The van der Waals surface area contributed by atoms with Crippen molar-refractivity contribution in [1.29, 1.82) is 0 Å². The summed E-state index contributed by atoms with van der Waals surface area (Å²) in [4.78, 5) is 12.3. The third-order valence-electron chi connectivity index (χ3n) is 4.09. The van der Waals surface area contributed by atoms with Crippen molar-refractivity contribution in [3.63, 3.8) is 0 Å². The van der Waals surface area contributed by atoms with Crippen LogP contribution in [0.1, 0.15) is 11.1 Å². The molecule has 1 aromatic heterocycles. The number of ether oxygens (including phenoxy) is 1. The van der Waals surface area contributed by atoms with Crippen LogP contribution in [-0.4, -0.2) is 33.6 Å². The summed E-state index contributed by atoms with van der Waals surface area (Å²) in [6.45, 7) is 3.93. The molecule has 8 heteroatoms. The number of amides is 1. The average Bonchev–Trinajstić information content (AvgIpc) is 3.03. The SMILES string of the molecule is COc1ccccc1-c1nnc(SCC(=O)Nc2c(C)cccc2C)n1N. The zero-order chi connectivity index (χ0) is 19.4. The van der Waals surface area contributed by atoms with Crippen LogP contribution in [0.15, 0.2) is 47.6 Å². The Morgan fingerprint density at radius 2 is 1.85 bits per heavy atom. The lowest BCUT2D eigenvalue weighted by Gasteiger charge is -2.11. The van der Waals surface area contributed by atoms with Crippen LogP contribution in [0.25, 0.3) is 11.4 Å². The zero-order valence-electron chi connectivity index (χ0n) is 15.4. The van der Waals surface area contributed by atoms with Gasteiger partial charge < -0.3 is 15.9 Å². The minimum absolute atomic E-state index is 0.126. The first kappa shape index (κ1) is 18.8. The number of anilines is 1. The maximum atomic E-state index is 12.3. The number of methoxy groups -OCH3 is 1. The standard InChI is InChI=1S/C19H21N5O2S/c1-12-7-6-8-13(2)17(12)21-16(25)11-27-19-23-22-18(24(19)20)14-9-4-5-10-15(14)26-3/h4-10H,11,20H2,1-3H3,(H,21,25). The molecule has 140 valence electrons. The van der Waals surface area contributed by atoms with Gasteiger partial charge in [0.05, 0.1) is 18.4 Å². The van der Waals surface area contributed by atoms with E-state index in [0.717, 1.165) is 22.4 Å². The summed E-state index contributed by atoms with van der Waals surface area (Å²) in [5.74, 6) is 7.31. The lowest BCUT2D eigenvalue weighted by atomic mass is 10.1. The molecule has 1 heterocycles. The van der Waals surface area contributed by atoms with E-state index < -0.39 is 0 Å². The summed E-state index contributed by atoms with van der Waals surface area (Å²) >= 11 is 1.23. The van der Waals surface area contributed by atoms with E-state index in [1.807, 2.05) is 56.3 Å². The number of para-hydroxylation sites is 2. The molecule has 3 rings (SSSR count). The topological polar surface area (TPSA) is 95.1 Å². The Hall–Kier alpha value is -3.00. The van der Waals surface area contributed by atoms with Gasteiger partial charge in [-0.3, -0.25) is 4.79 Å². The Morgan fingerprint density at radius 1 is 1.15 bits per heavy atom. The quantitative estimate of drug-likeness (QED) is 0.502. The van der Waals surface area contributed by atoms with Crippen LogP contribution in [0.4, 0.5) is 5.69 Å². The fraction of sp³-hybridized carbons (Fsp3) is 0.211. The fourth-order valence-corrected chi connectivity index (χ4v) is 3.36. The van der Waals surface area contributed by atoms with Gasteiger partial charge in [-0.2, -0.15) is 0 Å². The van der Waals surface area contributed by atoms with Crippen LogP contribution >= 0.6 is 11.8 Å². The van der Waals surface area contributed by atoms with Crippen molar-refractivity contribution in [2.45, 2.75) is 19.0 Å². The molecule has 0 saturated carbocycles. The van der Waals surface area contributed by atoms with Crippen LogP contribution in [0.2, 0.25) is 0 Å². The molecule has 0 aliphatic rings. The Morgan fingerprint density at radius 3 is 2.56 bits per heavy atom. The molecule has 0 saturated heterocycles. The van der Waals surface area contributed by atoms with Crippen LogP contribution in [-0.2, 0) is 4.79 Å². The summed E-state index contributed by atoms with van der Waals surface area (Å²) in [5.41, 5.74) is 3.62. The van der Waals surface area contributed by atoms with Crippen molar-refractivity contribution in [3.05, 3.63) is 53.6 Å². The summed E-state index contributed by atoms with van der Waals surface area (Å²) in [6.07, 6.45) is 0. The zero-order valence-corrected chi connectivity index (χ0v) is 16.2. The second-order valence-corrected chi connectivity index (χ2v) is 6.92. The number of hydrogen-bond acceptors (Lipinski definition) is 6. The van der Waals surface area contributed by atoms with E-state index in [1.165, 1.54) is 16.4 Å². The summed E-state index contributed by atoms with van der Waals surface area (Å²) in [6, 6.07) is 13.3. The first-order valence-electron chi connectivity index (χ1n) is 8.34. The molecule has 7 nitrogen and oxygen atoms in total. The second-order valence-electron chi connectivity index (χ2n) is 5.98. The Labute approximate surface area is 161 Å². The lowest BCUT2D eigenvalue weighted by molar-refractivity contribution is -0.113. The highest BCUT2D eigenvalue weighted by Crippen LogP contribution is 2.29. The smallest absolute Gasteiger partial charge is 0.234 e. The molecule has 0 aliphatic carbocycles. The molecule has 0 unspecified atom stereocenters. The number of hydrogen-bond donors (Lipinski definition) is 2. The van der Waals surface area contributed by atoms with Crippen LogP contribution in [0.3, 0.4) is 0 Å². The molecule has 3 N–H and O–H groups in total. The van der Waals surface area contributed by atoms with Gasteiger partial charge in [0.1, 0.15) is 5.75 Å². The lowest BCUT2D eigenvalue weighted by Crippen LogP contribution is -2.17. The number of benzene rings is 2. The maximum Gasteiger partial charge on any atom is 0.234 e. The minimum atomic E-state index is -0.126. The number of thioether (sulfide) groups is 1. The van der Waals surface area contributed by atoms with E-state index >= 15 is 0 Å². The second kappa shape index (κ2) is 8.13. The van der Waals surface area contributed by atoms with Crippen molar-refractivity contribution in [2.24, 2.45) is 0 Å². The number of nitrogens with two attached hydrogens (primary N) is 1. The number of aryl methyl sites for hydroxylation is 2. The summed E-state index contributed by atoms with van der Waals surface area (Å²) in [7, 11) is 1.59. The van der Waals surface area contributed by atoms with E-state index in [-0.39, 0.29) is 11.7 Å². The molecule has 0 atom stereocenters. The maximum absolute atomic E-state index is 12.3. The van der Waals surface area contributed by atoms with E-state index in [4.69, 9.17) is 10.6 Å². The number of nitrogens with one attached hydrogen (secondary N) is 1. The first-order chi connectivity index (χ1) is 13.0. The Bertz CT molecular complexity index is 950. The highest BCUT2D eigenvalue weighted by molar-refractivity contribution is 7.99. The normalized spacial score (nSPS) is 10.6. The van der Waals surface area contributed by atoms with Gasteiger partial charge in [-0.25, -0.2) is 4.68 Å². The highest BCUT2D eigenvalue weighted by Gasteiger charge is 2.17. The van der Waals surface area contributed by atoms with Gasteiger partial charge >= 0.3 is 0 Å². The molecule has 0 aliphatic heterocycles. The Balaban J connectivity index is 1.71. The minimum Gasteiger partial charge on any atom is -0.496 e. The van der Waals surface area contributed by atoms with Gasteiger partial charge in [0, 0.05) is 5.69 Å². The molecule has 1 amide bonds. The third-order valence-corrected chi connectivity index (χ3v) is 5.03. The van der Waals surface area contributed by atoms with E-state index in [9.17, 15) is 4.79 Å². The fourth-order valence-electron chi connectivity index (χ4n) is 2.71. The molecule has 0 radical (unpaired) electrons. The van der Waals surface area contributed by atoms with Gasteiger partial charge in [-0.05, 0) is 37.1 Å². The van der Waals surface area contributed by atoms with Crippen molar-refractivity contribution in [1.82, 2.24) is 14.9 Å². The van der Waals surface area contributed by atoms with E-state index in [0.29, 0.717) is 16.7 Å². The van der Waals surface area contributed by atoms with Crippen LogP contribution in [0, 0.1) is 13.8 Å². The van der Waals surface area contributed by atoms with Gasteiger partial charge in [0.25, 0.3) is 0 Å². The van der Waals surface area contributed by atoms with Crippen LogP contribution < -0.4 is 15.9 Å². The third kappa shape index (κ3) is 4.06. The molecule has 0 bridgehead atoms. The van der Waals surface area contributed by atoms with Crippen LogP contribution in [0.5, 0.6) is 5.75 Å². The first-order valence-corrected chi connectivity index (χ1v) is 9.32. The molecule has 0 fully saturated rings. The predicted octanol–water partition coefficient (Wildman–Crippen LogP) is 3.02. The van der Waals surface area contributed by atoms with E-state index in [2.05, 4.69) is 15.5 Å². The summed E-state index contributed by atoms with van der Waals surface area (Å²) in [5, 5.41) is 11.6. The Kier molecular flexibility index (Phi) is 5.66. The molecule has 27 heavy (non-hydrogen) atoms. The van der Waals surface area contributed by atoms with Gasteiger partial charge in [0.15, 0.2) is 5.82 Å². The van der Waals surface area contributed by atoms with Crippen molar-refractivity contribution >= 4 is 23.4 Å². The number of nitrogens with zero attached hydrogens (tertiary/aromatic N) is 3. The largest absolute Gasteiger partial charge is 0.496 e.